The van der Waals surface area contributed by atoms with Gasteiger partial charge in [-0.2, -0.15) is 0 Å². The molecule has 1 aromatic heterocycles. The molecule has 0 spiro atoms. The molecule has 1 unspecified atom stereocenters. The average Bonchev–Trinajstić information content (AvgIpc) is 2.73. The molecule has 2 heterocycles. The van der Waals surface area contributed by atoms with Crippen molar-refractivity contribution in [1.82, 2.24) is 9.97 Å². The lowest BCUT2D eigenvalue weighted by molar-refractivity contribution is 0.937. The summed E-state index contributed by atoms with van der Waals surface area (Å²) in [5.74, 6) is 0.446. The van der Waals surface area contributed by atoms with E-state index in [-0.39, 0.29) is 11.5 Å². The van der Waals surface area contributed by atoms with Crippen LogP contribution in [-0.2, 0) is 0 Å². The highest BCUT2D eigenvalue weighted by Gasteiger charge is 2.27. The SMILES string of the molecule is O=c1[nH]c(=S)[nH]c2c1C(c1cccc3ccccc13)C=C(c1ccccc1)N2. The molecule has 5 heteroatoms. The number of hydrogen-bond donors (Lipinski definition) is 3. The van der Waals surface area contributed by atoms with Gasteiger partial charge in [-0.05, 0) is 40.2 Å². The van der Waals surface area contributed by atoms with Gasteiger partial charge in [-0.25, -0.2) is 0 Å². The summed E-state index contributed by atoms with van der Waals surface area (Å²) in [5, 5.41) is 5.64. The maximum atomic E-state index is 12.8. The van der Waals surface area contributed by atoms with Crippen molar-refractivity contribution < 1.29 is 0 Å². The number of fused-ring (bicyclic) bond motifs is 2. The van der Waals surface area contributed by atoms with Gasteiger partial charge in [-0.1, -0.05) is 72.8 Å². The number of allylic oxidation sites excluding steroid dienone is 1. The number of hydrogen-bond acceptors (Lipinski definition) is 3. The minimum Gasteiger partial charge on any atom is -0.341 e. The van der Waals surface area contributed by atoms with Crippen LogP contribution in [0.4, 0.5) is 5.82 Å². The Morgan fingerprint density at radius 3 is 2.43 bits per heavy atom. The molecule has 0 fully saturated rings. The van der Waals surface area contributed by atoms with E-state index in [9.17, 15) is 4.79 Å². The van der Waals surface area contributed by atoms with Crippen LogP contribution in [0.2, 0.25) is 0 Å². The monoisotopic (exact) mass is 383 g/mol. The topological polar surface area (TPSA) is 60.7 Å². The molecule has 0 aliphatic carbocycles. The highest BCUT2D eigenvalue weighted by atomic mass is 32.1. The normalized spacial score (nSPS) is 15.6. The first-order chi connectivity index (χ1) is 13.7. The third kappa shape index (κ3) is 2.77. The van der Waals surface area contributed by atoms with Crippen LogP contribution in [0.15, 0.2) is 83.7 Å². The number of benzene rings is 3. The number of anilines is 1. The number of aromatic amines is 2. The Kier molecular flexibility index (Phi) is 3.95. The van der Waals surface area contributed by atoms with E-state index < -0.39 is 0 Å². The predicted octanol–water partition coefficient (Wildman–Crippen LogP) is 5.18. The molecule has 0 amide bonds. The van der Waals surface area contributed by atoms with E-state index in [0.717, 1.165) is 27.6 Å². The van der Waals surface area contributed by atoms with E-state index in [1.807, 2.05) is 48.5 Å². The lowest BCUT2D eigenvalue weighted by Crippen LogP contribution is -2.24. The van der Waals surface area contributed by atoms with E-state index >= 15 is 0 Å². The van der Waals surface area contributed by atoms with Crippen molar-refractivity contribution in [2.24, 2.45) is 0 Å². The Balaban J connectivity index is 1.80. The van der Waals surface area contributed by atoms with Gasteiger partial charge < -0.3 is 10.3 Å². The Hall–Kier alpha value is -3.44. The number of aromatic nitrogens is 2. The van der Waals surface area contributed by atoms with E-state index in [4.69, 9.17) is 12.2 Å². The molecule has 0 bridgehead atoms. The average molecular weight is 383 g/mol. The third-order valence-corrected chi connectivity index (χ3v) is 5.33. The van der Waals surface area contributed by atoms with Crippen LogP contribution >= 0.6 is 12.2 Å². The summed E-state index contributed by atoms with van der Waals surface area (Å²) in [6.45, 7) is 0. The van der Waals surface area contributed by atoms with E-state index in [2.05, 4.69) is 45.6 Å². The summed E-state index contributed by atoms with van der Waals surface area (Å²) < 4.78 is 0.308. The zero-order chi connectivity index (χ0) is 19.1. The van der Waals surface area contributed by atoms with Gasteiger partial charge in [0, 0.05) is 11.6 Å². The molecule has 4 nitrogen and oxygen atoms in total. The summed E-state index contributed by atoms with van der Waals surface area (Å²) in [4.78, 5) is 18.7. The van der Waals surface area contributed by atoms with Crippen LogP contribution in [0, 0.1) is 4.77 Å². The Bertz CT molecular complexity index is 1330. The lowest BCUT2D eigenvalue weighted by Gasteiger charge is -2.26. The molecule has 28 heavy (non-hydrogen) atoms. The van der Waals surface area contributed by atoms with Crippen LogP contribution in [-0.4, -0.2) is 9.97 Å². The molecule has 3 aromatic carbocycles. The quantitative estimate of drug-likeness (QED) is 0.418. The molecule has 1 aliphatic rings. The largest absolute Gasteiger partial charge is 0.341 e. The van der Waals surface area contributed by atoms with Gasteiger partial charge in [-0.3, -0.25) is 9.78 Å². The highest BCUT2D eigenvalue weighted by molar-refractivity contribution is 7.71. The van der Waals surface area contributed by atoms with Gasteiger partial charge in [0.05, 0.1) is 5.56 Å². The molecule has 1 atom stereocenters. The first kappa shape index (κ1) is 16.7. The standard InChI is InChI=1S/C23H17N3OS/c27-22-20-18(17-12-6-10-14-7-4-5-11-16(14)17)13-19(15-8-2-1-3-9-15)24-21(20)25-23(28)26-22/h1-13,18H,(H3,24,25,26,27,28). The number of H-pyrrole nitrogens is 2. The molecule has 3 N–H and O–H groups in total. The Labute approximate surface area is 166 Å². The molecule has 0 saturated heterocycles. The second kappa shape index (κ2) is 6.62. The van der Waals surface area contributed by atoms with Crippen LogP contribution in [0.5, 0.6) is 0 Å². The van der Waals surface area contributed by atoms with Gasteiger partial charge in [-0.15, -0.1) is 0 Å². The fourth-order valence-corrected chi connectivity index (χ4v) is 4.07. The fourth-order valence-electron chi connectivity index (χ4n) is 3.87. The molecule has 0 saturated carbocycles. The van der Waals surface area contributed by atoms with Crippen molar-refractivity contribution in [1.29, 1.82) is 0 Å². The third-order valence-electron chi connectivity index (χ3n) is 5.13. The first-order valence-corrected chi connectivity index (χ1v) is 9.50. The number of rotatable bonds is 2. The molecule has 4 aromatic rings. The smallest absolute Gasteiger partial charge is 0.257 e. The van der Waals surface area contributed by atoms with E-state index in [1.54, 1.807) is 0 Å². The minimum atomic E-state index is -0.201. The van der Waals surface area contributed by atoms with Gasteiger partial charge >= 0.3 is 0 Å². The summed E-state index contributed by atoms with van der Waals surface area (Å²) in [6.07, 6.45) is 2.12. The number of nitrogens with one attached hydrogen (secondary N) is 3. The van der Waals surface area contributed by atoms with Crippen molar-refractivity contribution in [3.63, 3.8) is 0 Å². The van der Waals surface area contributed by atoms with Gasteiger partial charge in [0.15, 0.2) is 4.77 Å². The Morgan fingerprint density at radius 2 is 1.57 bits per heavy atom. The lowest BCUT2D eigenvalue weighted by atomic mass is 9.85. The molecule has 5 rings (SSSR count). The second-order valence-corrected chi connectivity index (χ2v) is 7.22. The van der Waals surface area contributed by atoms with Gasteiger partial charge in [0.1, 0.15) is 5.82 Å². The first-order valence-electron chi connectivity index (χ1n) is 9.09. The highest BCUT2D eigenvalue weighted by Crippen LogP contribution is 2.38. The van der Waals surface area contributed by atoms with Crippen LogP contribution in [0.25, 0.3) is 16.5 Å². The molecule has 0 radical (unpaired) electrons. The Morgan fingerprint density at radius 1 is 0.821 bits per heavy atom. The van der Waals surface area contributed by atoms with Crippen molar-refractivity contribution >= 4 is 34.5 Å². The fraction of sp³-hybridized carbons (Fsp3) is 0.0435. The summed E-state index contributed by atoms with van der Waals surface area (Å²) in [5.41, 5.74) is 3.56. The van der Waals surface area contributed by atoms with Gasteiger partial charge in [0.2, 0.25) is 0 Å². The van der Waals surface area contributed by atoms with E-state index in [1.165, 1.54) is 0 Å². The minimum absolute atomic E-state index is 0.174. The molecule has 1 aliphatic heterocycles. The predicted molar refractivity (Wildman–Crippen MR) is 116 cm³/mol. The van der Waals surface area contributed by atoms with Crippen molar-refractivity contribution in [3.05, 3.63) is 111 Å². The van der Waals surface area contributed by atoms with Crippen molar-refractivity contribution in [2.45, 2.75) is 5.92 Å². The van der Waals surface area contributed by atoms with Crippen molar-refractivity contribution in [3.8, 4) is 0 Å². The van der Waals surface area contributed by atoms with Gasteiger partial charge in [0.25, 0.3) is 5.56 Å². The molecule has 136 valence electrons. The maximum Gasteiger partial charge on any atom is 0.257 e. The summed E-state index contributed by atoms with van der Waals surface area (Å²) >= 11 is 5.20. The second-order valence-electron chi connectivity index (χ2n) is 6.81. The van der Waals surface area contributed by atoms with Crippen LogP contribution in [0.3, 0.4) is 0 Å². The maximum absolute atomic E-state index is 12.8. The summed E-state index contributed by atoms with van der Waals surface area (Å²) in [7, 11) is 0. The van der Waals surface area contributed by atoms with Crippen LogP contribution < -0.4 is 10.9 Å². The van der Waals surface area contributed by atoms with Crippen molar-refractivity contribution in [2.75, 3.05) is 5.32 Å². The zero-order valence-corrected chi connectivity index (χ0v) is 15.7. The van der Waals surface area contributed by atoms with Crippen LogP contribution in [0.1, 0.15) is 22.6 Å². The summed E-state index contributed by atoms with van der Waals surface area (Å²) in [6, 6.07) is 24.5. The zero-order valence-electron chi connectivity index (χ0n) is 14.9. The molecular weight excluding hydrogens is 366 g/mol. The molecular formula is C23H17N3OS. The van der Waals surface area contributed by atoms with E-state index in [0.29, 0.717) is 16.2 Å².